The van der Waals surface area contributed by atoms with Crippen LogP contribution in [0, 0.1) is 0 Å². The number of carbonyl (C=O) groups is 2. The van der Waals surface area contributed by atoms with Crippen LogP contribution in [-0.4, -0.2) is 61.1 Å². The van der Waals surface area contributed by atoms with Gasteiger partial charge in [-0.15, -0.1) is 0 Å². The molecule has 2 aliphatic heterocycles. The second kappa shape index (κ2) is 8.00. The third-order valence-electron chi connectivity index (χ3n) is 5.42. The van der Waals surface area contributed by atoms with E-state index in [9.17, 15) is 9.59 Å². The van der Waals surface area contributed by atoms with Gasteiger partial charge in [-0.05, 0) is 29.8 Å². The number of nitrogens with one attached hydrogen (secondary N) is 3. The largest absolute Gasteiger partial charge is 0.404 e. The lowest BCUT2D eigenvalue weighted by Crippen LogP contribution is -2.36. The van der Waals surface area contributed by atoms with Crippen molar-refractivity contribution >= 4 is 40.4 Å². The zero-order valence-electron chi connectivity index (χ0n) is 17.0. The van der Waals surface area contributed by atoms with Crippen LogP contribution in [0.1, 0.15) is 27.2 Å². The van der Waals surface area contributed by atoms with E-state index in [1.165, 1.54) is 6.20 Å². The number of rotatable bonds is 0. The van der Waals surface area contributed by atoms with Crippen molar-refractivity contribution in [1.29, 1.82) is 0 Å². The average molecular weight is 404 g/mol. The fourth-order valence-electron chi connectivity index (χ4n) is 3.75. The van der Waals surface area contributed by atoms with E-state index in [0.717, 1.165) is 28.1 Å². The smallest absolute Gasteiger partial charge is 0.256 e. The number of benzene rings is 1. The third kappa shape index (κ3) is 3.42. The van der Waals surface area contributed by atoms with Crippen molar-refractivity contribution in [1.82, 2.24) is 15.2 Å². The number of H-pyrrole nitrogens is 1. The molecular weight excluding hydrogens is 380 g/mol. The Bertz CT molecular complexity index is 1110. The van der Waals surface area contributed by atoms with Crippen molar-refractivity contribution in [2.24, 2.45) is 10.7 Å². The average Bonchev–Trinajstić information content (AvgIpc) is 3.33. The molecule has 0 unspecified atom stereocenters. The van der Waals surface area contributed by atoms with Crippen molar-refractivity contribution in [2.75, 3.05) is 39.0 Å². The summed E-state index contributed by atoms with van der Waals surface area (Å²) >= 11 is 0. The van der Waals surface area contributed by atoms with Crippen molar-refractivity contribution in [3.8, 4) is 0 Å². The molecule has 1 aromatic carbocycles. The van der Waals surface area contributed by atoms with Crippen molar-refractivity contribution in [3.63, 3.8) is 0 Å². The second-order valence-electron chi connectivity index (χ2n) is 7.23. The first kappa shape index (κ1) is 19.7. The molecule has 1 aromatic heterocycles. The number of hydrogen-bond donors (Lipinski definition) is 4. The topological polar surface area (TPSA) is 116 Å². The van der Waals surface area contributed by atoms with Gasteiger partial charge in [0.25, 0.3) is 11.8 Å². The van der Waals surface area contributed by atoms with E-state index < -0.39 is 0 Å². The van der Waals surface area contributed by atoms with Crippen molar-refractivity contribution in [2.45, 2.75) is 0 Å². The number of aliphatic imine (C=N–C) groups is 1. The summed E-state index contributed by atoms with van der Waals surface area (Å²) in [6.45, 7) is 1.64. The molecule has 0 spiro atoms. The number of aromatic nitrogens is 1. The van der Waals surface area contributed by atoms with Crippen LogP contribution >= 0.6 is 0 Å². The summed E-state index contributed by atoms with van der Waals surface area (Å²) in [6.07, 6.45) is 4.97. The van der Waals surface area contributed by atoms with Gasteiger partial charge in [0.1, 0.15) is 0 Å². The van der Waals surface area contributed by atoms with Crippen LogP contribution in [0.5, 0.6) is 0 Å². The lowest BCUT2D eigenvalue weighted by atomic mass is 9.96. The normalized spacial score (nSPS) is 21.7. The fourth-order valence-corrected chi connectivity index (χ4v) is 3.75. The highest BCUT2D eigenvalue weighted by atomic mass is 16.2. The Labute approximate surface area is 174 Å². The minimum atomic E-state index is -0.211. The Morgan fingerprint density at radius 3 is 2.80 bits per heavy atom. The maximum absolute atomic E-state index is 12.9. The lowest BCUT2D eigenvalue weighted by molar-refractivity contribution is -0.110. The number of carbonyl (C=O) groups excluding carboxylic acids is 2. The van der Waals surface area contributed by atoms with Gasteiger partial charge in [0.05, 0.1) is 22.5 Å². The summed E-state index contributed by atoms with van der Waals surface area (Å²) < 4.78 is 0. The van der Waals surface area contributed by atoms with E-state index in [1.54, 1.807) is 37.3 Å². The van der Waals surface area contributed by atoms with E-state index in [0.29, 0.717) is 36.5 Å². The van der Waals surface area contributed by atoms with Crippen LogP contribution < -0.4 is 16.4 Å². The Morgan fingerprint density at radius 1 is 1.20 bits per heavy atom. The molecule has 0 fully saturated rings. The van der Waals surface area contributed by atoms with Gasteiger partial charge in [0.15, 0.2) is 0 Å². The molecule has 2 bridgehead atoms. The monoisotopic (exact) mass is 404 g/mol. The Balaban J connectivity index is 1.89. The number of aromatic amines is 1. The molecule has 2 amide bonds. The first-order valence-electron chi connectivity index (χ1n) is 9.72. The molecule has 8 nitrogen and oxygen atoms in total. The van der Waals surface area contributed by atoms with Crippen molar-refractivity contribution in [3.05, 3.63) is 59.0 Å². The molecule has 0 radical (unpaired) electrons. The number of hydrogen-bond acceptors (Lipinski definition) is 5. The Hall–Kier alpha value is -3.65. The Morgan fingerprint density at radius 2 is 2.03 bits per heavy atom. The molecule has 2 aromatic rings. The number of likely N-dealkylation sites (N-methyl/N-ethyl adjacent to an activating group) is 1. The van der Waals surface area contributed by atoms with Gasteiger partial charge >= 0.3 is 0 Å². The Kier molecular flexibility index (Phi) is 5.24. The zero-order valence-corrected chi connectivity index (χ0v) is 17.0. The summed E-state index contributed by atoms with van der Waals surface area (Å²) in [6, 6.07) is 7.44. The summed E-state index contributed by atoms with van der Waals surface area (Å²) in [4.78, 5) is 34.7. The third-order valence-corrected chi connectivity index (χ3v) is 5.42. The van der Waals surface area contributed by atoms with Gasteiger partial charge in [-0.25, -0.2) is 0 Å². The van der Waals surface area contributed by atoms with Gasteiger partial charge in [-0.1, -0.05) is 6.07 Å². The van der Waals surface area contributed by atoms with Gasteiger partial charge in [0.2, 0.25) is 0 Å². The summed E-state index contributed by atoms with van der Waals surface area (Å²) in [5, 5.41) is 6.21. The van der Waals surface area contributed by atoms with Crippen molar-refractivity contribution < 1.29 is 9.59 Å². The van der Waals surface area contributed by atoms with E-state index >= 15 is 0 Å². The number of anilines is 1. The van der Waals surface area contributed by atoms with Crippen LogP contribution in [0.15, 0.2) is 41.7 Å². The fraction of sp³-hybridized carbons (Fsp3) is 0.227. The number of fused-ring (bicyclic) bond motifs is 2. The van der Waals surface area contributed by atoms with Crippen LogP contribution in [0.3, 0.4) is 0 Å². The number of nitrogens with two attached hydrogens (primary N) is 1. The second-order valence-corrected chi connectivity index (χ2v) is 7.23. The molecule has 0 atom stereocenters. The number of amides is 2. The van der Waals surface area contributed by atoms with Crippen LogP contribution in [0.25, 0.3) is 17.2 Å². The molecule has 0 aliphatic carbocycles. The van der Waals surface area contributed by atoms with E-state index in [-0.39, 0.29) is 11.8 Å². The summed E-state index contributed by atoms with van der Waals surface area (Å²) in [7, 11) is 3.48. The quantitative estimate of drug-likeness (QED) is 0.533. The first-order valence-corrected chi connectivity index (χ1v) is 9.72. The molecule has 0 saturated heterocycles. The van der Waals surface area contributed by atoms with E-state index in [1.807, 2.05) is 18.2 Å². The standard InChI is InChI=1S/C22H24N6O2/c1-24-20-12-25-7-8-28(2)22(30)14-5-6-26-19(14)10-16-15-9-13(17(20)11-23)3-4-18(15)27-21(16)29/h3-6,9-11,25-26H,7-8,12,23H2,1-2H3,(H,27,29)/b16-10-,17-11-,24-20?. The maximum Gasteiger partial charge on any atom is 0.256 e. The molecule has 154 valence electrons. The predicted octanol–water partition coefficient (Wildman–Crippen LogP) is 1.55. The first-order chi connectivity index (χ1) is 14.5. The minimum Gasteiger partial charge on any atom is -0.404 e. The summed E-state index contributed by atoms with van der Waals surface area (Å²) in [5.74, 6) is -0.323. The molecule has 2 aliphatic rings. The molecule has 5 N–H and O–H groups in total. The van der Waals surface area contributed by atoms with Crippen LogP contribution in [0.2, 0.25) is 0 Å². The molecular formula is C22H24N6O2. The minimum absolute atomic E-state index is 0.112. The molecule has 8 heteroatoms. The highest BCUT2D eigenvalue weighted by Gasteiger charge is 2.27. The highest BCUT2D eigenvalue weighted by molar-refractivity contribution is 6.35. The summed E-state index contributed by atoms with van der Waals surface area (Å²) in [5.41, 5.74) is 11.5. The van der Waals surface area contributed by atoms with E-state index in [2.05, 4.69) is 20.6 Å². The van der Waals surface area contributed by atoms with Gasteiger partial charge < -0.3 is 26.3 Å². The molecule has 30 heavy (non-hydrogen) atoms. The molecule has 3 heterocycles. The van der Waals surface area contributed by atoms with Gasteiger partial charge in [-0.3, -0.25) is 14.6 Å². The highest BCUT2D eigenvalue weighted by Crippen LogP contribution is 2.35. The SMILES string of the molecule is CN=C1CNCCN(C)C(=O)c2cc[nH]c2/C=C2\C(=O)Nc3ccc(cc32)/C1=C/N. The van der Waals surface area contributed by atoms with E-state index in [4.69, 9.17) is 5.73 Å². The lowest BCUT2D eigenvalue weighted by Gasteiger charge is -2.18. The van der Waals surface area contributed by atoms with Gasteiger partial charge in [-0.2, -0.15) is 0 Å². The predicted molar refractivity (Wildman–Crippen MR) is 119 cm³/mol. The maximum atomic E-state index is 12.9. The van der Waals surface area contributed by atoms with Crippen LogP contribution in [0.4, 0.5) is 5.69 Å². The van der Waals surface area contributed by atoms with Gasteiger partial charge in [0, 0.05) is 63.0 Å². The molecule has 0 saturated carbocycles. The molecule has 4 rings (SSSR count). The van der Waals surface area contributed by atoms with Crippen LogP contribution in [-0.2, 0) is 4.79 Å². The zero-order chi connectivity index (χ0) is 21.3. The number of nitrogens with zero attached hydrogens (tertiary/aromatic N) is 2.